The maximum absolute atomic E-state index is 4.65. The minimum Gasteiger partial charge on any atom is -0.290 e. The van der Waals surface area contributed by atoms with Crippen molar-refractivity contribution in [1.29, 1.82) is 0 Å². The number of benzene rings is 1. The lowest BCUT2D eigenvalue weighted by atomic mass is 9.96. The number of rotatable bonds is 10. The van der Waals surface area contributed by atoms with Crippen LogP contribution in [0.1, 0.15) is 56.5 Å². The van der Waals surface area contributed by atoms with E-state index in [1.165, 1.54) is 16.7 Å². The number of hydrogen-bond donors (Lipinski definition) is 0. The molecule has 0 aliphatic rings. The number of nitrogens with zero attached hydrogens (tertiary/aromatic N) is 3. The summed E-state index contributed by atoms with van der Waals surface area (Å²) in [6.45, 7) is 9.13. The van der Waals surface area contributed by atoms with Gasteiger partial charge in [0.1, 0.15) is 0 Å². The maximum Gasteiger partial charge on any atom is 0.0447 e. The molecule has 3 heteroatoms. The lowest BCUT2D eigenvalue weighted by molar-refractivity contribution is 1.06. The summed E-state index contributed by atoms with van der Waals surface area (Å²) in [5, 5.41) is 0. The lowest BCUT2D eigenvalue weighted by Crippen LogP contribution is -2.05. The molecule has 0 aliphatic heterocycles. The molecule has 152 valence electrons. The van der Waals surface area contributed by atoms with Gasteiger partial charge in [0.2, 0.25) is 0 Å². The summed E-state index contributed by atoms with van der Waals surface area (Å²) < 4.78 is 0. The topological polar surface area (TPSA) is 37.6 Å². The number of allylic oxidation sites excluding steroid dienone is 3. The largest absolute Gasteiger partial charge is 0.290 e. The van der Waals surface area contributed by atoms with Crippen LogP contribution in [0.5, 0.6) is 0 Å². The molecule has 2 rings (SSSR count). The molecular formula is C26H33N3. The minimum absolute atomic E-state index is 0.801. The van der Waals surface area contributed by atoms with Gasteiger partial charge in [-0.15, -0.1) is 0 Å². The van der Waals surface area contributed by atoms with Gasteiger partial charge in [-0.25, -0.2) is 0 Å². The molecule has 0 saturated carbocycles. The Morgan fingerprint density at radius 1 is 1.03 bits per heavy atom. The molecule has 1 aromatic heterocycles. The zero-order valence-electron chi connectivity index (χ0n) is 18.2. The fourth-order valence-electron chi connectivity index (χ4n) is 3.26. The molecule has 0 aliphatic carbocycles. The van der Waals surface area contributed by atoms with Crippen LogP contribution in [-0.2, 0) is 19.3 Å². The van der Waals surface area contributed by atoms with E-state index in [0.717, 1.165) is 49.3 Å². The predicted octanol–water partition coefficient (Wildman–Crippen LogP) is 6.18. The molecule has 1 aromatic carbocycles. The van der Waals surface area contributed by atoms with Gasteiger partial charge in [0.25, 0.3) is 0 Å². The molecule has 2 aromatic rings. The molecule has 0 saturated heterocycles. The third kappa shape index (κ3) is 8.39. The van der Waals surface area contributed by atoms with Crippen molar-refractivity contribution in [2.24, 2.45) is 9.98 Å². The van der Waals surface area contributed by atoms with Crippen LogP contribution in [0, 0.1) is 0 Å². The van der Waals surface area contributed by atoms with Crippen molar-refractivity contribution >= 4 is 11.4 Å². The van der Waals surface area contributed by atoms with Crippen molar-refractivity contribution in [2.75, 3.05) is 6.54 Å². The molecule has 0 N–H and O–H groups in total. The van der Waals surface area contributed by atoms with Gasteiger partial charge in [0.05, 0.1) is 0 Å². The predicted molar refractivity (Wildman–Crippen MR) is 126 cm³/mol. The summed E-state index contributed by atoms with van der Waals surface area (Å²) in [7, 11) is 0. The molecule has 0 bridgehead atoms. The van der Waals surface area contributed by atoms with Crippen molar-refractivity contribution in [1.82, 2.24) is 4.98 Å². The van der Waals surface area contributed by atoms with E-state index in [9.17, 15) is 0 Å². The highest BCUT2D eigenvalue weighted by Crippen LogP contribution is 2.16. The Balaban J connectivity index is 2.33. The summed E-state index contributed by atoms with van der Waals surface area (Å²) in [6.07, 6.45) is 13.5. The molecule has 0 unspecified atom stereocenters. The van der Waals surface area contributed by atoms with Gasteiger partial charge in [-0.05, 0) is 62.1 Å². The molecule has 0 spiro atoms. The Morgan fingerprint density at radius 3 is 2.45 bits per heavy atom. The van der Waals surface area contributed by atoms with Crippen LogP contribution < -0.4 is 0 Å². The zero-order chi connectivity index (χ0) is 20.9. The lowest BCUT2D eigenvalue weighted by Gasteiger charge is -2.11. The van der Waals surface area contributed by atoms with E-state index in [1.54, 1.807) is 0 Å². The average Bonchev–Trinajstić information content (AvgIpc) is 2.69. The van der Waals surface area contributed by atoms with Crippen molar-refractivity contribution < 1.29 is 0 Å². The number of pyridine rings is 1. The Bertz CT molecular complexity index is 874. The van der Waals surface area contributed by atoms with Crippen LogP contribution >= 0.6 is 0 Å². The average molecular weight is 388 g/mol. The van der Waals surface area contributed by atoms with Crippen molar-refractivity contribution in [3.05, 3.63) is 89.4 Å². The van der Waals surface area contributed by atoms with E-state index >= 15 is 0 Å². The Morgan fingerprint density at radius 2 is 1.79 bits per heavy atom. The van der Waals surface area contributed by atoms with Gasteiger partial charge in [0.15, 0.2) is 0 Å². The number of aliphatic imine (C=N–C) groups is 2. The van der Waals surface area contributed by atoms with Crippen LogP contribution in [-0.4, -0.2) is 23.0 Å². The van der Waals surface area contributed by atoms with Crippen molar-refractivity contribution in [3.8, 4) is 0 Å². The highest BCUT2D eigenvalue weighted by Gasteiger charge is 2.07. The second-order valence-electron chi connectivity index (χ2n) is 7.13. The van der Waals surface area contributed by atoms with E-state index in [2.05, 4.69) is 78.2 Å². The molecular weight excluding hydrogens is 354 g/mol. The monoisotopic (exact) mass is 387 g/mol. The van der Waals surface area contributed by atoms with E-state index < -0.39 is 0 Å². The highest BCUT2D eigenvalue weighted by atomic mass is 14.7. The molecule has 0 fully saturated rings. The molecule has 0 amide bonds. The quantitative estimate of drug-likeness (QED) is 0.449. The minimum atomic E-state index is 0.801. The van der Waals surface area contributed by atoms with Crippen molar-refractivity contribution in [2.45, 2.75) is 53.4 Å². The Labute approximate surface area is 176 Å². The van der Waals surface area contributed by atoms with Gasteiger partial charge < -0.3 is 0 Å². The normalized spacial score (nSPS) is 13.0. The van der Waals surface area contributed by atoms with Crippen molar-refractivity contribution in [3.63, 3.8) is 0 Å². The molecule has 0 atom stereocenters. The fraction of sp³-hybridized carbons (Fsp3) is 0.346. The van der Waals surface area contributed by atoms with Gasteiger partial charge in [-0.2, -0.15) is 0 Å². The molecule has 29 heavy (non-hydrogen) atoms. The summed E-state index contributed by atoms with van der Waals surface area (Å²) in [6, 6.07) is 12.9. The first-order chi connectivity index (χ1) is 14.1. The first-order valence-corrected chi connectivity index (χ1v) is 10.5. The molecule has 0 radical (unpaired) electrons. The third-order valence-electron chi connectivity index (χ3n) is 4.43. The summed E-state index contributed by atoms with van der Waals surface area (Å²) in [5.41, 5.74) is 7.18. The first-order valence-electron chi connectivity index (χ1n) is 10.5. The number of hydrogen-bond acceptors (Lipinski definition) is 3. The van der Waals surface area contributed by atoms with Gasteiger partial charge in [-0.1, -0.05) is 43.3 Å². The Hall–Kier alpha value is -2.81. The van der Waals surface area contributed by atoms with E-state index in [4.69, 9.17) is 0 Å². The van der Waals surface area contributed by atoms with Crippen LogP contribution in [0.4, 0.5) is 0 Å². The SMILES string of the molecule is C/C=C\C(Cc1cc(CC(C)=N/C=C\CC)cc(Cc2ccccn2)c1)=NCC. The molecule has 1 heterocycles. The fourth-order valence-corrected chi connectivity index (χ4v) is 3.26. The zero-order valence-corrected chi connectivity index (χ0v) is 18.2. The van der Waals surface area contributed by atoms with Crippen LogP contribution in [0.2, 0.25) is 0 Å². The second-order valence-corrected chi connectivity index (χ2v) is 7.13. The third-order valence-corrected chi connectivity index (χ3v) is 4.43. The summed E-state index contributed by atoms with van der Waals surface area (Å²) in [5.74, 6) is 0. The standard InChI is InChI=1S/C26H33N3/c1-5-8-13-28-21(4)15-22-16-23(19-25(11-6-2)27-7-3)18-24(17-22)20-26-12-9-10-14-29-26/h6,8-14,16-18H,5,7,15,19-20H2,1-4H3/b11-6-,13-8-,27-25?,28-21?. The maximum atomic E-state index is 4.65. The Kier molecular flexibility index (Phi) is 9.77. The van der Waals surface area contributed by atoms with Gasteiger partial charge in [0, 0.05) is 55.3 Å². The van der Waals surface area contributed by atoms with E-state index in [1.807, 2.05) is 31.5 Å². The number of aromatic nitrogens is 1. The van der Waals surface area contributed by atoms with Crippen LogP contribution in [0.3, 0.4) is 0 Å². The summed E-state index contributed by atoms with van der Waals surface area (Å²) in [4.78, 5) is 13.7. The van der Waals surface area contributed by atoms with E-state index in [-0.39, 0.29) is 0 Å². The van der Waals surface area contributed by atoms with Gasteiger partial charge in [-0.3, -0.25) is 15.0 Å². The smallest absolute Gasteiger partial charge is 0.0447 e. The van der Waals surface area contributed by atoms with E-state index in [0.29, 0.717) is 0 Å². The summed E-state index contributed by atoms with van der Waals surface area (Å²) >= 11 is 0. The van der Waals surface area contributed by atoms with Crippen LogP contribution in [0.15, 0.2) is 77.0 Å². The van der Waals surface area contributed by atoms with Crippen LogP contribution in [0.25, 0.3) is 0 Å². The molecule has 3 nitrogen and oxygen atoms in total. The highest BCUT2D eigenvalue weighted by molar-refractivity contribution is 5.96. The first kappa shape index (κ1) is 22.5. The second kappa shape index (κ2) is 12.6. The van der Waals surface area contributed by atoms with Gasteiger partial charge >= 0.3 is 0 Å².